The van der Waals surface area contributed by atoms with Gasteiger partial charge in [-0.25, -0.2) is 0 Å². The summed E-state index contributed by atoms with van der Waals surface area (Å²) in [6, 6.07) is 0. The van der Waals surface area contributed by atoms with Crippen molar-refractivity contribution in [1.82, 2.24) is 0 Å². The van der Waals surface area contributed by atoms with E-state index in [9.17, 15) is 14.4 Å². The Hall–Kier alpha value is -2.63. The summed E-state index contributed by atoms with van der Waals surface area (Å²) in [6.07, 6.45) is 63.8. The molecule has 0 aromatic carbocycles. The Kier molecular flexibility index (Phi) is 50.8. The van der Waals surface area contributed by atoms with Crippen LogP contribution in [0.3, 0.4) is 0 Å². The third-order valence-electron chi connectivity index (χ3n) is 12.1. The lowest BCUT2D eigenvalue weighted by Crippen LogP contribution is -2.30. The lowest BCUT2D eigenvalue weighted by atomic mass is 10.0. The third-order valence-corrected chi connectivity index (χ3v) is 12.1. The van der Waals surface area contributed by atoms with Crippen LogP contribution < -0.4 is 0 Å². The summed E-state index contributed by atoms with van der Waals surface area (Å²) in [5.41, 5.74) is 0. The quantitative estimate of drug-likeness (QED) is 0.0262. The lowest BCUT2D eigenvalue weighted by Gasteiger charge is -2.18. The van der Waals surface area contributed by atoms with Crippen LogP contribution in [0.4, 0.5) is 0 Å². The second kappa shape index (κ2) is 53.0. The number of carbonyl (C=O) groups is 3. The highest BCUT2D eigenvalue weighted by atomic mass is 16.6. The summed E-state index contributed by atoms with van der Waals surface area (Å²) in [4.78, 5) is 38.0. The number of esters is 3. The molecule has 0 aromatic rings. The fraction of sp³-hybridized carbons (Fsp3) is 0.810. The van der Waals surface area contributed by atoms with E-state index in [4.69, 9.17) is 14.2 Å². The van der Waals surface area contributed by atoms with E-state index in [0.29, 0.717) is 19.3 Å². The van der Waals surface area contributed by atoms with Crippen LogP contribution in [0.1, 0.15) is 284 Å². The van der Waals surface area contributed by atoms with Gasteiger partial charge in [0.25, 0.3) is 0 Å². The van der Waals surface area contributed by atoms with Crippen LogP contribution in [0.25, 0.3) is 0 Å². The molecule has 0 unspecified atom stereocenters. The number of allylic oxidation sites excluding steroid dienone is 8. The Morgan fingerprint density at radius 2 is 0.562 bits per heavy atom. The zero-order valence-corrected chi connectivity index (χ0v) is 42.6. The van der Waals surface area contributed by atoms with E-state index in [1.165, 1.54) is 161 Å². The highest BCUT2D eigenvalue weighted by Crippen LogP contribution is 2.16. The molecular weight excluding hydrogens is 793 g/mol. The van der Waals surface area contributed by atoms with E-state index >= 15 is 0 Å². The van der Waals surface area contributed by atoms with E-state index in [1.54, 1.807) is 0 Å². The molecule has 0 heterocycles. The van der Waals surface area contributed by atoms with E-state index in [-0.39, 0.29) is 31.1 Å². The smallest absolute Gasteiger partial charge is 0.306 e. The average molecular weight is 897 g/mol. The van der Waals surface area contributed by atoms with Crippen molar-refractivity contribution in [2.24, 2.45) is 0 Å². The first-order valence-corrected chi connectivity index (χ1v) is 27.6. The molecule has 0 saturated heterocycles. The summed E-state index contributed by atoms with van der Waals surface area (Å²) >= 11 is 0. The van der Waals surface area contributed by atoms with Gasteiger partial charge in [0, 0.05) is 19.3 Å². The summed E-state index contributed by atoms with van der Waals surface area (Å²) in [6.45, 7) is 6.61. The molecule has 0 radical (unpaired) electrons. The maximum atomic E-state index is 12.8. The Bertz CT molecular complexity index is 1120. The molecule has 6 nitrogen and oxygen atoms in total. The average Bonchev–Trinajstić information content (AvgIpc) is 3.29. The number of carbonyl (C=O) groups excluding carboxylic acids is 3. The van der Waals surface area contributed by atoms with Gasteiger partial charge in [-0.3, -0.25) is 14.4 Å². The second-order valence-electron chi connectivity index (χ2n) is 18.5. The molecule has 372 valence electrons. The van der Waals surface area contributed by atoms with Crippen molar-refractivity contribution in [3.8, 4) is 0 Å². The fourth-order valence-electron chi connectivity index (χ4n) is 7.90. The van der Waals surface area contributed by atoms with Crippen LogP contribution in [0.15, 0.2) is 48.6 Å². The first kappa shape index (κ1) is 61.4. The van der Waals surface area contributed by atoms with Gasteiger partial charge in [-0.05, 0) is 64.2 Å². The highest BCUT2D eigenvalue weighted by molar-refractivity contribution is 5.71. The Morgan fingerprint density at radius 1 is 0.312 bits per heavy atom. The van der Waals surface area contributed by atoms with Crippen LogP contribution in [0.2, 0.25) is 0 Å². The van der Waals surface area contributed by atoms with Crippen molar-refractivity contribution in [3.63, 3.8) is 0 Å². The third kappa shape index (κ3) is 50.4. The van der Waals surface area contributed by atoms with Gasteiger partial charge in [-0.15, -0.1) is 0 Å². The minimum atomic E-state index is -0.785. The zero-order chi connectivity index (χ0) is 46.5. The van der Waals surface area contributed by atoms with Gasteiger partial charge in [0.05, 0.1) is 0 Å². The van der Waals surface area contributed by atoms with E-state index in [1.807, 2.05) is 0 Å². The number of ether oxygens (including phenoxy) is 3. The van der Waals surface area contributed by atoms with Crippen LogP contribution in [0, 0.1) is 0 Å². The fourth-order valence-corrected chi connectivity index (χ4v) is 7.90. The van der Waals surface area contributed by atoms with Gasteiger partial charge in [-0.1, -0.05) is 249 Å². The standard InChI is InChI=1S/C58H104O6/c1-4-7-10-13-16-19-22-25-27-28-29-30-32-34-37-40-43-46-49-52-58(61)64-55(53-62-56(59)50-47-44-41-38-35-24-21-18-15-12-9-6-3)54-63-57(60)51-48-45-42-39-36-33-31-26-23-20-17-14-11-8-5-2/h16,19,25,27,29-30,34,37,55H,4-15,17-18,20-24,26,28,31-33,35-36,38-54H2,1-3H3/b19-16-,27-25-,30-29-,37-34-/t55-/m0/s1. The van der Waals surface area contributed by atoms with Gasteiger partial charge < -0.3 is 14.2 Å². The molecule has 0 rings (SSSR count). The summed E-state index contributed by atoms with van der Waals surface area (Å²) < 4.78 is 16.8. The molecule has 0 bridgehead atoms. The van der Waals surface area contributed by atoms with Crippen molar-refractivity contribution in [3.05, 3.63) is 48.6 Å². The highest BCUT2D eigenvalue weighted by Gasteiger charge is 2.19. The molecule has 0 aromatic heterocycles. The zero-order valence-electron chi connectivity index (χ0n) is 42.6. The Balaban J connectivity index is 4.40. The van der Waals surface area contributed by atoms with Crippen LogP contribution in [-0.4, -0.2) is 37.2 Å². The molecule has 0 aliphatic rings. The van der Waals surface area contributed by atoms with Crippen LogP contribution in [0.5, 0.6) is 0 Å². The predicted octanol–water partition coefficient (Wildman–Crippen LogP) is 18.3. The predicted molar refractivity (Wildman–Crippen MR) is 275 cm³/mol. The molecular formula is C58H104O6. The topological polar surface area (TPSA) is 78.9 Å². The molecule has 0 N–H and O–H groups in total. The molecule has 0 fully saturated rings. The SMILES string of the molecule is CCCCC/C=C\C/C=C\C/C=C\C/C=C\CCCCCC(=O)O[C@@H](COC(=O)CCCCCCCCCCCCCC)COC(=O)CCCCCCCCCCCCCCCCC. The molecule has 1 atom stereocenters. The number of hydrogen-bond donors (Lipinski definition) is 0. The van der Waals surface area contributed by atoms with Crippen molar-refractivity contribution in [1.29, 1.82) is 0 Å². The monoisotopic (exact) mass is 897 g/mol. The van der Waals surface area contributed by atoms with Gasteiger partial charge in [0.15, 0.2) is 6.10 Å². The van der Waals surface area contributed by atoms with Crippen molar-refractivity contribution in [2.45, 2.75) is 290 Å². The van der Waals surface area contributed by atoms with Crippen molar-refractivity contribution < 1.29 is 28.6 Å². The lowest BCUT2D eigenvalue weighted by molar-refractivity contribution is -0.167. The molecule has 0 saturated carbocycles. The maximum absolute atomic E-state index is 12.8. The van der Waals surface area contributed by atoms with Crippen LogP contribution >= 0.6 is 0 Å². The second-order valence-corrected chi connectivity index (χ2v) is 18.5. The summed E-state index contributed by atoms with van der Waals surface area (Å²) in [5, 5.41) is 0. The van der Waals surface area contributed by atoms with Crippen molar-refractivity contribution in [2.75, 3.05) is 13.2 Å². The van der Waals surface area contributed by atoms with Gasteiger partial charge in [-0.2, -0.15) is 0 Å². The van der Waals surface area contributed by atoms with Gasteiger partial charge >= 0.3 is 17.9 Å². The van der Waals surface area contributed by atoms with Crippen molar-refractivity contribution >= 4 is 17.9 Å². The maximum Gasteiger partial charge on any atom is 0.306 e. The molecule has 64 heavy (non-hydrogen) atoms. The normalized spacial score (nSPS) is 12.4. The first-order valence-electron chi connectivity index (χ1n) is 27.6. The Labute approximate surface area is 397 Å². The molecule has 0 amide bonds. The summed E-state index contributed by atoms with van der Waals surface area (Å²) in [7, 11) is 0. The van der Waals surface area contributed by atoms with Crippen LogP contribution in [-0.2, 0) is 28.6 Å². The number of rotatable bonds is 50. The minimum Gasteiger partial charge on any atom is -0.462 e. The molecule has 0 spiro atoms. The molecule has 0 aliphatic carbocycles. The Morgan fingerprint density at radius 3 is 0.906 bits per heavy atom. The summed E-state index contributed by atoms with van der Waals surface area (Å²) in [5.74, 6) is -0.900. The number of unbranched alkanes of at least 4 members (excludes halogenated alkanes) is 31. The van der Waals surface area contributed by atoms with Gasteiger partial charge in [0.2, 0.25) is 0 Å². The molecule has 6 heteroatoms. The van der Waals surface area contributed by atoms with E-state index in [2.05, 4.69) is 69.4 Å². The number of hydrogen-bond acceptors (Lipinski definition) is 6. The largest absolute Gasteiger partial charge is 0.462 e. The van der Waals surface area contributed by atoms with E-state index < -0.39 is 6.10 Å². The van der Waals surface area contributed by atoms with E-state index in [0.717, 1.165) is 83.5 Å². The first-order chi connectivity index (χ1) is 31.5. The molecule has 0 aliphatic heterocycles. The minimum absolute atomic E-state index is 0.0821. The van der Waals surface area contributed by atoms with Gasteiger partial charge in [0.1, 0.15) is 13.2 Å².